The third kappa shape index (κ3) is 4.95. The van der Waals surface area contributed by atoms with Crippen LogP contribution in [0.5, 0.6) is 5.75 Å². The molecule has 1 aliphatic rings. The van der Waals surface area contributed by atoms with E-state index in [0.717, 1.165) is 39.8 Å². The van der Waals surface area contributed by atoms with Crippen LogP contribution in [0.4, 0.5) is 8.78 Å². The predicted molar refractivity (Wildman–Crippen MR) is 133 cm³/mol. The molecule has 0 amide bonds. The smallest absolute Gasteiger partial charge is 0.362 e. The summed E-state index contributed by atoms with van der Waals surface area (Å²) in [5.41, 5.74) is 3.41. The molecule has 0 fully saturated rings. The van der Waals surface area contributed by atoms with Crippen molar-refractivity contribution < 1.29 is 13.5 Å². The second-order valence-corrected chi connectivity index (χ2v) is 10.5. The second kappa shape index (κ2) is 9.70. The summed E-state index contributed by atoms with van der Waals surface area (Å²) in [7, 11) is 1.64. The van der Waals surface area contributed by atoms with Crippen LogP contribution in [0, 0.1) is 13.8 Å². The third-order valence-electron chi connectivity index (χ3n) is 5.82. The van der Waals surface area contributed by atoms with Gasteiger partial charge in [0.2, 0.25) is 0 Å². The van der Waals surface area contributed by atoms with Crippen LogP contribution in [0.15, 0.2) is 44.9 Å². The number of hydrogen-bond donors (Lipinski definition) is 1. The number of ether oxygens (including phenoxy) is 1. The van der Waals surface area contributed by atoms with Gasteiger partial charge in [0, 0.05) is 35.0 Å². The van der Waals surface area contributed by atoms with Crippen molar-refractivity contribution >= 4 is 46.6 Å². The van der Waals surface area contributed by atoms with Gasteiger partial charge in [-0.25, -0.2) is 0 Å². The lowest BCUT2D eigenvalue weighted by Gasteiger charge is -2.19. The van der Waals surface area contributed by atoms with Gasteiger partial charge in [-0.15, -0.1) is 0 Å². The van der Waals surface area contributed by atoms with Crippen LogP contribution in [0.3, 0.4) is 0 Å². The Morgan fingerprint density at radius 1 is 1.18 bits per heavy atom. The van der Waals surface area contributed by atoms with Gasteiger partial charge >= 0.3 is 5.38 Å². The van der Waals surface area contributed by atoms with Crippen LogP contribution in [-0.2, 0) is 25.0 Å². The number of H-pyrrole nitrogens is 1. The molecule has 1 aliphatic heterocycles. The first-order valence-electron chi connectivity index (χ1n) is 10.3. The highest BCUT2D eigenvalue weighted by molar-refractivity contribution is 7.99. The fraction of sp³-hybridized carbons (Fsp3) is 0.292. The van der Waals surface area contributed by atoms with Crippen molar-refractivity contribution in [3.8, 4) is 5.75 Å². The molecule has 0 aliphatic carbocycles. The summed E-state index contributed by atoms with van der Waals surface area (Å²) in [5, 5.41) is -3.02. The van der Waals surface area contributed by atoms with E-state index < -0.39 is 16.6 Å². The van der Waals surface area contributed by atoms with Gasteiger partial charge in [0.25, 0.3) is 5.56 Å². The van der Waals surface area contributed by atoms with Crippen LogP contribution in [0.1, 0.15) is 33.5 Å². The molecule has 3 aromatic rings. The number of nitrogens with one attached hydrogen (secondary N) is 1. The molecule has 1 N–H and O–H groups in total. The molecule has 0 spiro atoms. The monoisotopic (exact) mass is 544 g/mol. The lowest BCUT2D eigenvalue weighted by atomic mass is 10.00. The molecule has 0 saturated carbocycles. The molecular weight excluding hydrogens is 525 g/mol. The van der Waals surface area contributed by atoms with E-state index in [9.17, 15) is 13.6 Å². The van der Waals surface area contributed by atoms with Crippen molar-refractivity contribution in [2.45, 2.75) is 48.7 Å². The number of aromatic amines is 1. The van der Waals surface area contributed by atoms with Crippen LogP contribution < -0.4 is 10.3 Å². The SMILES string of the molecule is COc1c(C)cc2c(c1C)CN(Cc1c(Sc3c(Cl)cccc3Cl)cc(C(F)(F)Cl)[nH]c1=O)C2. The van der Waals surface area contributed by atoms with Gasteiger partial charge in [-0.2, -0.15) is 8.78 Å². The maximum Gasteiger partial charge on any atom is 0.362 e. The summed E-state index contributed by atoms with van der Waals surface area (Å²) in [6, 6.07) is 8.26. The van der Waals surface area contributed by atoms with Gasteiger partial charge in [0.15, 0.2) is 0 Å². The number of pyridine rings is 1. The van der Waals surface area contributed by atoms with Gasteiger partial charge in [-0.05, 0) is 65.9 Å². The van der Waals surface area contributed by atoms with Crippen LogP contribution >= 0.6 is 46.6 Å². The van der Waals surface area contributed by atoms with Crippen LogP contribution in [0.2, 0.25) is 10.0 Å². The number of aryl methyl sites for hydroxylation is 1. The lowest BCUT2D eigenvalue weighted by Crippen LogP contribution is -2.26. The highest BCUT2D eigenvalue weighted by atomic mass is 35.5. The number of fused-ring (bicyclic) bond motifs is 1. The van der Waals surface area contributed by atoms with Gasteiger partial charge in [-0.3, -0.25) is 9.69 Å². The van der Waals surface area contributed by atoms with Crippen molar-refractivity contribution in [3.05, 3.63) is 84.2 Å². The van der Waals surface area contributed by atoms with Crippen molar-refractivity contribution in [2.75, 3.05) is 7.11 Å². The van der Waals surface area contributed by atoms with E-state index in [1.807, 2.05) is 13.8 Å². The first kappa shape index (κ1) is 25.3. The molecule has 0 atom stereocenters. The summed E-state index contributed by atoms with van der Waals surface area (Å²) in [6.07, 6.45) is 0. The molecule has 4 rings (SSSR count). The zero-order valence-electron chi connectivity index (χ0n) is 18.6. The van der Waals surface area contributed by atoms with Crippen LogP contribution in [-0.4, -0.2) is 17.0 Å². The number of benzene rings is 2. The largest absolute Gasteiger partial charge is 0.496 e. The van der Waals surface area contributed by atoms with E-state index in [4.69, 9.17) is 39.5 Å². The number of halogens is 5. The highest BCUT2D eigenvalue weighted by Gasteiger charge is 2.32. The molecule has 0 saturated heterocycles. The summed E-state index contributed by atoms with van der Waals surface area (Å²) >= 11 is 18.9. The average Bonchev–Trinajstić information content (AvgIpc) is 3.15. The molecule has 0 bridgehead atoms. The standard InChI is InChI=1S/C24H21Cl3F2N2O2S/c1-12-7-14-9-31(10-15(14)13(2)21(12)33-3)11-16-19(8-20(24(27,28)29)30-23(16)32)34-22-17(25)5-4-6-18(22)26/h4-8H,9-11H2,1-3H3,(H,30,32). The van der Waals surface area contributed by atoms with Crippen molar-refractivity contribution in [1.29, 1.82) is 0 Å². The molecule has 1 aromatic heterocycles. The number of methoxy groups -OCH3 is 1. The Labute approximate surface area is 215 Å². The molecule has 2 aromatic carbocycles. The van der Waals surface area contributed by atoms with Crippen molar-refractivity contribution in [3.63, 3.8) is 0 Å². The molecule has 180 valence electrons. The number of aromatic nitrogens is 1. The Morgan fingerprint density at radius 3 is 2.47 bits per heavy atom. The first-order chi connectivity index (χ1) is 16.0. The van der Waals surface area contributed by atoms with E-state index >= 15 is 0 Å². The number of hydrogen-bond acceptors (Lipinski definition) is 4. The third-order valence-corrected chi connectivity index (χ3v) is 8.11. The predicted octanol–water partition coefficient (Wildman–Crippen LogP) is 7.26. The Balaban J connectivity index is 1.73. The van der Waals surface area contributed by atoms with Gasteiger partial charge in [0.05, 0.1) is 17.2 Å². The minimum absolute atomic E-state index is 0.239. The van der Waals surface area contributed by atoms with E-state index in [2.05, 4.69) is 16.0 Å². The van der Waals surface area contributed by atoms with Crippen LogP contribution in [0.25, 0.3) is 0 Å². The first-order valence-corrected chi connectivity index (χ1v) is 12.3. The fourth-order valence-corrected chi connectivity index (χ4v) is 6.01. The maximum atomic E-state index is 13.9. The quantitative estimate of drug-likeness (QED) is 0.331. The minimum Gasteiger partial charge on any atom is -0.496 e. The number of rotatable bonds is 6. The lowest BCUT2D eigenvalue weighted by molar-refractivity contribution is 0.0893. The molecule has 0 radical (unpaired) electrons. The Morgan fingerprint density at radius 2 is 1.85 bits per heavy atom. The average molecular weight is 546 g/mol. The maximum absolute atomic E-state index is 13.9. The highest BCUT2D eigenvalue weighted by Crippen LogP contribution is 2.42. The normalized spacial score (nSPS) is 13.9. The van der Waals surface area contributed by atoms with Gasteiger partial charge in [0.1, 0.15) is 11.4 Å². The summed E-state index contributed by atoms with van der Waals surface area (Å²) in [4.78, 5) is 18.1. The molecule has 0 unspecified atom stereocenters. The Bertz CT molecular complexity index is 1300. The molecular formula is C24H21Cl3F2N2O2S. The Kier molecular flexibility index (Phi) is 7.23. The Hall–Kier alpha value is -1.77. The second-order valence-electron chi connectivity index (χ2n) is 8.14. The van der Waals surface area contributed by atoms with Gasteiger partial charge < -0.3 is 9.72 Å². The minimum atomic E-state index is -3.73. The zero-order chi connectivity index (χ0) is 24.8. The number of alkyl halides is 3. The van der Waals surface area contributed by atoms with E-state index in [-0.39, 0.29) is 6.54 Å². The summed E-state index contributed by atoms with van der Waals surface area (Å²) in [5.74, 6) is 0.844. The topological polar surface area (TPSA) is 45.3 Å². The van der Waals surface area contributed by atoms with E-state index in [1.165, 1.54) is 6.07 Å². The molecule has 10 heteroatoms. The number of nitrogens with zero attached hydrogens (tertiary/aromatic N) is 1. The fourth-order valence-electron chi connectivity index (χ4n) is 4.27. The summed E-state index contributed by atoms with van der Waals surface area (Å²) < 4.78 is 33.3. The van der Waals surface area contributed by atoms with Crippen molar-refractivity contribution in [1.82, 2.24) is 9.88 Å². The van der Waals surface area contributed by atoms with E-state index in [0.29, 0.717) is 38.5 Å². The summed E-state index contributed by atoms with van der Waals surface area (Å²) in [6.45, 7) is 5.46. The van der Waals surface area contributed by atoms with Crippen molar-refractivity contribution in [2.24, 2.45) is 0 Å². The molecule has 34 heavy (non-hydrogen) atoms. The molecule has 2 heterocycles. The van der Waals surface area contributed by atoms with Gasteiger partial charge in [-0.1, -0.05) is 47.1 Å². The zero-order valence-corrected chi connectivity index (χ0v) is 21.7. The van der Waals surface area contributed by atoms with E-state index in [1.54, 1.807) is 25.3 Å². The molecule has 4 nitrogen and oxygen atoms in total.